The van der Waals surface area contributed by atoms with E-state index in [4.69, 9.17) is 0 Å². The van der Waals surface area contributed by atoms with Gasteiger partial charge in [0.25, 0.3) is 0 Å². The Bertz CT molecular complexity index is 414. The normalized spacial score (nSPS) is 24.5. The maximum Gasteiger partial charge on any atom is 0.0210 e. The fraction of sp³-hybridized carbons (Fsp3) is 0.625. The minimum Gasteiger partial charge on any atom is -0.0645 e. The first kappa shape index (κ1) is 13.1. The molecule has 94 valence electrons. The Labute approximate surface area is 114 Å². The molecule has 0 N–H and O–H groups in total. The summed E-state index contributed by atoms with van der Waals surface area (Å²) in [7, 11) is 0. The highest BCUT2D eigenvalue weighted by Gasteiger charge is 2.44. The molecular formula is C16H23Br. The van der Waals surface area contributed by atoms with Crippen LogP contribution in [0.4, 0.5) is 0 Å². The average molecular weight is 295 g/mol. The van der Waals surface area contributed by atoms with E-state index in [0.29, 0.717) is 10.8 Å². The summed E-state index contributed by atoms with van der Waals surface area (Å²) in [5, 5.41) is 0. The second-order valence-corrected chi connectivity index (χ2v) is 7.16. The third-order valence-electron chi connectivity index (χ3n) is 4.70. The first-order valence-corrected chi connectivity index (χ1v) is 7.49. The molecule has 1 aromatic carbocycles. The summed E-state index contributed by atoms with van der Waals surface area (Å²) in [6, 6.07) is 6.74. The van der Waals surface area contributed by atoms with Crippen molar-refractivity contribution < 1.29 is 0 Å². The van der Waals surface area contributed by atoms with Crippen molar-refractivity contribution in [3.8, 4) is 0 Å². The van der Waals surface area contributed by atoms with Gasteiger partial charge in [0.05, 0.1) is 0 Å². The molecule has 2 rings (SSSR count). The van der Waals surface area contributed by atoms with Gasteiger partial charge < -0.3 is 0 Å². The number of hydrogen-bond acceptors (Lipinski definition) is 0. The lowest BCUT2D eigenvalue weighted by Gasteiger charge is -2.49. The molecule has 1 atom stereocenters. The monoisotopic (exact) mass is 294 g/mol. The van der Waals surface area contributed by atoms with E-state index >= 15 is 0 Å². The standard InChI is InChI=1S/C16H23Br/c1-5-16(15(2,3)4)11-7-8-12-13(16)9-6-10-14(12)17/h6,9-10H,5,7-8,11H2,1-4H3. The molecule has 0 radical (unpaired) electrons. The summed E-state index contributed by atoms with van der Waals surface area (Å²) in [6.45, 7) is 9.53. The molecule has 1 aliphatic rings. The Balaban J connectivity index is 2.64. The van der Waals surface area contributed by atoms with Crippen molar-refractivity contribution in [1.29, 1.82) is 0 Å². The first-order chi connectivity index (χ1) is 7.92. The van der Waals surface area contributed by atoms with Crippen LogP contribution in [0.3, 0.4) is 0 Å². The fourth-order valence-corrected chi connectivity index (χ4v) is 4.20. The van der Waals surface area contributed by atoms with Gasteiger partial charge in [-0.25, -0.2) is 0 Å². The van der Waals surface area contributed by atoms with E-state index in [9.17, 15) is 0 Å². The quantitative estimate of drug-likeness (QED) is 0.643. The van der Waals surface area contributed by atoms with Crippen molar-refractivity contribution in [2.75, 3.05) is 0 Å². The zero-order valence-electron chi connectivity index (χ0n) is 11.4. The van der Waals surface area contributed by atoms with Crippen molar-refractivity contribution in [3.05, 3.63) is 33.8 Å². The molecule has 0 fully saturated rings. The summed E-state index contributed by atoms with van der Waals surface area (Å²) in [4.78, 5) is 0. The summed E-state index contributed by atoms with van der Waals surface area (Å²) >= 11 is 3.73. The molecule has 0 amide bonds. The van der Waals surface area contributed by atoms with E-state index in [-0.39, 0.29) is 0 Å². The number of hydrogen-bond donors (Lipinski definition) is 0. The molecular weight excluding hydrogens is 272 g/mol. The van der Waals surface area contributed by atoms with Gasteiger partial charge in [-0.05, 0) is 48.3 Å². The molecule has 0 saturated heterocycles. The number of rotatable bonds is 1. The topological polar surface area (TPSA) is 0 Å². The van der Waals surface area contributed by atoms with E-state index in [2.05, 4.69) is 61.8 Å². The molecule has 0 aromatic heterocycles. The Morgan fingerprint density at radius 3 is 2.59 bits per heavy atom. The smallest absolute Gasteiger partial charge is 0.0210 e. The zero-order chi connectivity index (χ0) is 12.7. The second-order valence-electron chi connectivity index (χ2n) is 6.31. The maximum atomic E-state index is 3.73. The molecule has 1 unspecified atom stereocenters. The van der Waals surface area contributed by atoms with E-state index in [1.54, 1.807) is 11.1 Å². The van der Waals surface area contributed by atoms with E-state index in [0.717, 1.165) is 0 Å². The van der Waals surface area contributed by atoms with Crippen molar-refractivity contribution in [1.82, 2.24) is 0 Å². The van der Waals surface area contributed by atoms with Crippen molar-refractivity contribution in [2.45, 2.75) is 58.8 Å². The van der Waals surface area contributed by atoms with Gasteiger partial charge in [-0.1, -0.05) is 55.8 Å². The van der Waals surface area contributed by atoms with Gasteiger partial charge in [0.1, 0.15) is 0 Å². The molecule has 0 aliphatic heterocycles. The van der Waals surface area contributed by atoms with Crippen LogP contribution in [-0.2, 0) is 11.8 Å². The van der Waals surface area contributed by atoms with Crippen LogP contribution < -0.4 is 0 Å². The van der Waals surface area contributed by atoms with Crippen molar-refractivity contribution in [3.63, 3.8) is 0 Å². The van der Waals surface area contributed by atoms with Gasteiger partial charge in [0.2, 0.25) is 0 Å². The fourth-order valence-electron chi connectivity index (χ4n) is 3.64. The number of benzene rings is 1. The number of fused-ring (bicyclic) bond motifs is 1. The van der Waals surface area contributed by atoms with E-state index in [1.807, 2.05) is 0 Å². The summed E-state index contributed by atoms with van der Waals surface area (Å²) < 4.78 is 1.30. The molecule has 0 nitrogen and oxygen atoms in total. The molecule has 0 heterocycles. The molecule has 0 bridgehead atoms. The van der Waals surface area contributed by atoms with Gasteiger partial charge >= 0.3 is 0 Å². The largest absolute Gasteiger partial charge is 0.0645 e. The molecule has 1 aliphatic carbocycles. The summed E-state index contributed by atoms with van der Waals surface area (Å²) in [5.74, 6) is 0. The van der Waals surface area contributed by atoms with Crippen LogP contribution in [0.15, 0.2) is 22.7 Å². The molecule has 17 heavy (non-hydrogen) atoms. The van der Waals surface area contributed by atoms with Gasteiger partial charge in [-0.15, -0.1) is 0 Å². The van der Waals surface area contributed by atoms with Gasteiger partial charge in [0, 0.05) is 9.89 Å². The summed E-state index contributed by atoms with van der Waals surface area (Å²) in [6.07, 6.45) is 5.12. The van der Waals surface area contributed by atoms with Crippen molar-refractivity contribution in [2.24, 2.45) is 5.41 Å². The van der Waals surface area contributed by atoms with Crippen LogP contribution in [-0.4, -0.2) is 0 Å². The minimum atomic E-state index is 0.331. The Morgan fingerprint density at radius 2 is 2.00 bits per heavy atom. The highest BCUT2D eigenvalue weighted by Crippen LogP contribution is 2.52. The SMILES string of the molecule is CCC1(C(C)(C)C)CCCc2c(Br)cccc21. The van der Waals surface area contributed by atoms with Gasteiger partial charge in [0.15, 0.2) is 0 Å². The summed E-state index contributed by atoms with van der Waals surface area (Å²) in [5.41, 5.74) is 3.82. The Hall–Kier alpha value is -0.300. The Kier molecular flexibility index (Phi) is 3.42. The van der Waals surface area contributed by atoms with E-state index in [1.165, 1.54) is 30.2 Å². The highest BCUT2D eigenvalue weighted by atomic mass is 79.9. The third-order valence-corrected chi connectivity index (χ3v) is 5.45. The predicted octanol–water partition coefficient (Wildman–Crippen LogP) is 5.48. The van der Waals surface area contributed by atoms with Crippen LogP contribution >= 0.6 is 15.9 Å². The van der Waals surface area contributed by atoms with Gasteiger partial charge in [-0.2, -0.15) is 0 Å². The predicted molar refractivity (Wildman–Crippen MR) is 78.5 cm³/mol. The zero-order valence-corrected chi connectivity index (χ0v) is 13.0. The second kappa shape index (κ2) is 4.42. The lowest BCUT2D eigenvalue weighted by Crippen LogP contribution is -2.42. The lowest BCUT2D eigenvalue weighted by molar-refractivity contribution is 0.148. The number of halogens is 1. The molecule has 1 heteroatoms. The van der Waals surface area contributed by atoms with Crippen LogP contribution in [0.2, 0.25) is 0 Å². The van der Waals surface area contributed by atoms with Crippen LogP contribution in [0.1, 0.15) is 58.1 Å². The third kappa shape index (κ3) is 1.97. The van der Waals surface area contributed by atoms with Gasteiger partial charge in [-0.3, -0.25) is 0 Å². The molecule has 1 aromatic rings. The lowest BCUT2D eigenvalue weighted by atomic mass is 9.56. The van der Waals surface area contributed by atoms with Crippen LogP contribution in [0.5, 0.6) is 0 Å². The Morgan fingerprint density at radius 1 is 1.29 bits per heavy atom. The molecule has 0 saturated carbocycles. The van der Waals surface area contributed by atoms with E-state index < -0.39 is 0 Å². The van der Waals surface area contributed by atoms with Crippen LogP contribution in [0.25, 0.3) is 0 Å². The first-order valence-electron chi connectivity index (χ1n) is 6.70. The average Bonchev–Trinajstić information content (AvgIpc) is 2.27. The van der Waals surface area contributed by atoms with Crippen molar-refractivity contribution >= 4 is 15.9 Å². The minimum absolute atomic E-state index is 0.331. The van der Waals surface area contributed by atoms with Crippen LogP contribution in [0, 0.1) is 5.41 Å². The maximum absolute atomic E-state index is 3.73. The molecule has 0 spiro atoms. The highest BCUT2D eigenvalue weighted by molar-refractivity contribution is 9.10.